The second-order valence-electron chi connectivity index (χ2n) is 6.89. The summed E-state index contributed by atoms with van der Waals surface area (Å²) in [6, 6.07) is 13.4. The molecule has 2 aliphatic rings. The highest BCUT2D eigenvalue weighted by Gasteiger charge is 2.24. The lowest BCUT2D eigenvalue weighted by atomic mass is 9.88. The first kappa shape index (κ1) is 19.2. The second kappa shape index (κ2) is 6.88. The number of rotatable bonds is 2. The standard InChI is InChI=1S/C23H12Cl3NO3/c1-30-11-4-2-10(3-5-11)27-17-7-13-15(25)8-18(28)22-16(26)6-12-14(24)9-19(29)23(17)21(12)20(13)22/h2-9,29H,1H3. The molecule has 3 aromatic rings. The SMILES string of the molecule is COc1ccc(N=c2cc3c(Cl)cc(=O)c4c(Cl)cc5c(Cl)cc(O)c2c5c4-3)cc1. The first-order valence-corrected chi connectivity index (χ1v) is 10.1. The number of phenolic OH excluding ortho intramolecular Hbond substituents is 1. The third-order valence-electron chi connectivity index (χ3n) is 5.20. The van der Waals surface area contributed by atoms with E-state index in [1.165, 1.54) is 12.1 Å². The van der Waals surface area contributed by atoms with Crippen LogP contribution in [0.1, 0.15) is 0 Å². The van der Waals surface area contributed by atoms with Gasteiger partial charge in [0.2, 0.25) is 0 Å². The molecule has 0 amide bonds. The highest BCUT2D eigenvalue weighted by molar-refractivity contribution is 6.43. The molecule has 0 aliphatic heterocycles. The zero-order chi connectivity index (χ0) is 21.2. The molecule has 148 valence electrons. The van der Waals surface area contributed by atoms with Crippen molar-refractivity contribution in [1.29, 1.82) is 0 Å². The summed E-state index contributed by atoms with van der Waals surface area (Å²) in [6.45, 7) is 0. The van der Waals surface area contributed by atoms with Gasteiger partial charge in [0.15, 0.2) is 5.43 Å². The average Bonchev–Trinajstić information content (AvgIpc) is 2.71. The molecular formula is C23H12Cl3NO3. The molecule has 3 aromatic carbocycles. The van der Waals surface area contributed by atoms with Crippen LogP contribution in [-0.4, -0.2) is 12.2 Å². The molecule has 4 nitrogen and oxygen atoms in total. The smallest absolute Gasteiger partial charge is 0.189 e. The maximum absolute atomic E-state index is 12.6. The number of nitrogens with zero attached hydrogens (tertiary/aromatic N) is 1. The first-order chi connectivity index (χ1) is 14.4. The number of hydrogen-bond donors (Lipinski definition) is 1. The van der Waals surface area contributed by atoms with Crippen LogP contribution in [0.2, 0.25) is 15.1 Å². The zero-order valence-corrected chi connectivity index (χ0v) is 17.7. The van der Waals surface area contributed by atoms with Crippen molar-refractivity contribution < 1.29 is 9.84 Å². The highest BCUT2D eigenvalue weighted by atomic mass is 35.5. The van der Waals surface area contributed by atoms with Crippen LogP contribution >= 0.6 is 34.8 Å². The fraction of sp³-hybridized carbons (Fsp3) is 0.0435. The molecule has 0 radical (unpaired) electrons. The van der Waals surface area contributed by atoms with E-state index in [2.05, 4.69) is 0 Å². The van der Waals surface area contributed by atoms with Crippen molar-refractivity contribution in [1.82, 2.24) is 0 Å². The van der Waals surface area contributed by atoms with E-state index in [4.69, 9.17) is 44.5 Å². The Hall–Kier alpha value is -2.79. The van der Waals surface area contributed by atoms with Crippen LogP contribution in [0.5, 0.6) is 11.5 Å². The molecule has 5 rings (SSSR count). The summed E-state index contributed by atoms with van der Waals surface area (Å²) in [7, 11) is 1.59. The van der Waals surface area contributed by atoms with Gasteiger partial charge >= 0.3 is 0 Å². The van der Waals surface area contributed by atoms with E-state index in [1.54, 1.807) is 43.5 Å². The third kappa shape index (κ3) is 2.76. The van der Waals surface area contributed by atoms with Gasteiger partial charge in [-0.15, -0.1) is 0 Å². The first-order valence-electron chi connectivity index (χ1n) is 8.94. The van der Waals surface area contributed by atoms with Gasteiger partial charge in [0.05, 0.1) is 38.6 Å². The predicted molar refractivity (Wildman–Crippen MR) is 122 cm³/mol. The van der Waals surface area contributed by atoms with E-state index in [1.807, 2.05) is 0 Å². The van der Waals surface area contributed by atoms with Crippen LogP contribution in [0.3, 0.4) is 0 Å². The Balaban J connectivity index is 2.03. The van der Waals surface area contributed by atoms with Gasteiger partial charge in [0.25, 0.3) is 0 Å². The quantitative estimate of drug-likeness (QED) is 0.320. The number of hydrogen-bond acceptors (Lipinski definition) is 4. The lowest BCUT2D eigenvalue weighted by molar-refractivity contribution is 0.415. The summed E-state index contributed by atoms with van der Waals surface area (Å²) < 4.78 is 5.19. The van der Waals surface area contributed by atoms with Crippen molar-refractivity contribution in [2.75, 3.05) is 7.11 Å². The number of methoxy groups -OCH3 is 1. The molecule has 0 saturated carbocycles. The fourth-order valence-corrected chi connectivity index (χ4v) is 4.68. The number of aromatic hydroxyl groups is 1. The van der Waals surface area contributed by atoms with Crippen molar-refractivity contribution in [2.24, 2.45) is 4.99 Å². The molecule has 1 N–H and O–H groups in total. The molecule has 0 atom stereocenters. The molecular weight excluding hydrogens is 445 g/mol. The molecule has 0 spiro atoms. The predicted octanol–water partition coefficient (Wildman–Crippen LogP) is 6.24. The molecule has 0 heterocycles. The Kier molecular flexibility index (Phi) is 4.40. The Morgan fingerprint density at radius 1 is 0.867 bits per heavy atom. The van der Waals surface area contributed by atoms with E-state index in [0.29, 0.717) is 54.5 Å². The van der Waals surface area contributed by atoms with E-state index < -0.39 is 0 Å². The van der Waals surface area contributed by atoms with Gasteiger partial charge in [-0.05, 0) is 42.5 Å². The summed E-state index contributed by atoms with van der Waals surface area (Å²) in [5, 5.41) is 14.2. The van der Waals surface area contributed by atoms with Gasteiger partial charge in [0, 0.05) is 33.4 Å². The number of ether oxygens (including phenoxy) is 1. The third-order valence-corrected chi connectivity index (χ3v) is 6.12. The van der Waals surface area contributed by atoms with Gasteiger partial charge in [-0.2, -0.15) is 0 Å². The maximum atomic E-state index is 12.6. The number of halogens is 3. The molecule has 2 aliphatic carbocycles. The fourth-order valence-electron chi connectivity index (χ4n) is 3.88. The zero-order valence-electron chi connectivity index (χ0n) is 15.5. The molecule has 0 saturated heterocycles. The Morgan fingerprint density at radius 2 is 1.60 bits per heavy atom. The average molecular weight is 457 g/mol. The van der Waals surface area contributed by atoms with Gasteiger partial charge in [0.1, 0.15) is 11.5 Å². The molecule has 0 fully saturated rings. The highest BCUT2D eigenvalue weighted by Crippen LogP contribution is 2.46. The summed E-state index contributed by atoms with van der Waals surface area (Å²) >= 11 is 19.3. The second-order valence-corrected chi connectivity index (χ2v) is 8.11. The van der Waals surface area contributed by atoms with Crippen LogP contribution in [0, 0.1) is 0 Å². The normalized spacial score (nSPS) is 12.5. The summed E-state index contributed by atoms with van der Waals surface area (Å²) in [5.41, 5.74) is 1.55. The van der Waals surface area contributed by atoms with Gasteiger partial charge in [-0.3, -0.25) is 4.79 Å². The van der Waals surface area contributed by atoms with Crippen molar-refractivity contribution in [3.8, 4) is 22.6 Å². The van der Waals surface area contributed by atoms with Crippen LogP contribution in [0.4, 0.5) is 5.69 Å². The van der Waals surface area contributed by atoms with Crippen LogP contribution in [0.25, 0.3) is 32.7 Å². The Bertz CT molecular complexity index is 1530. The van der Waals surface area contributed by atoms with Crippen molar-refractivity contribution >= 4 is 62.0 Å². The minimum atomic E-state index is -0.292. The molecule has 0 unspecified atom stereocenters. The monoisotopic (exact) mass is 455 g/mol. The topological polar surface area (TPSA) is 58.9 Å². The molecule has 0 bridgehead atoms. The van der Waals surface area contributed by atoms with E-state index in [0.717, 1.165) is 0 Å². The van der Waals surface area contributed by atoms with Gasteiger partial charge in [-0.1, -0.05) is 34.8 Å². The van der Waals surface area contributed by atoms with E-state index in [-0.39, 0.29) is 21.2 Å². The minimum Gasteiger partial charge on any atom is -0.507 e. The molecule has 30 heavy (non-hydrogen) atoms. The lowest BCUT2D eigenvalue weighted by Gasteiger charge is -2.19. The van der Waals surface area contributed by atoms with Gasteiger partial charge in [-0.25, -0.2) is 4.99 Å². The van der Waals surface area contributed by atoms with E-state index in [9.17, 15) is 9.90 Å². The lowest BCUT2D eigenvalue weighted by Crippen LogP contribution is -2.11. The summed E-state index contributed by atoms with van der Waals surface area (Å²) in [5.74, 6) is 0.664. The van der Waals surface area contributed by atoms with Crippen LogP contribution in [0.15, 0.2) is 58.3 Å². The number of benzene rings is 5. The number of phenols is 1. The van der Waals surface area contributed by atoms with Crippen molar-refractivity contribution in [2.45, 2.75) is 0 Å². The minimum absolute atomic E-state index is 0.0438. The van der Waals surface area contributed by atoms with Crippen LogP contribution < -0.4 is 15.5 Å². The Labute approximate surface area is 185 Å². The van der Waals surface area contributed by atoms with Crippen LogP contribution in [-0.2, 0) is 0 Å². The summed E-state index contributed by atoms with van der Waals surface area (Å²) in [6.07, 6.45) is 0. The summed E-state index contributed by atoms with van der Waals surface area (Å²) in [4.78, 5) is 17.3. The maximum Gasteiger partial charge on any atom is 0.189 e. The largest absolute Gasteiger partial charge is 0.507 e. The van der Waals surface area contributed by atoms with E-state index >= 15 is 0 Å². The van der Waals surface area contributed by atoms with Crippen molar-refractivity contribution in [3.63, 3.8) is 0 Å². The molecule has 0 aromatic heterocycles. The molecule has 7 heteroatoms. The van der Waals surface area contributed by atoms with Gasteiger partial charge < -0.3 is 9.84 Å². The Morgan fingerprint density at radius 3 is 2.30 bits per heavy atom. The van der Waals surface area contributed by atoms with Crippen molar-refractivity contribution in [3.05, 3.63) is 79.2 Å².